The van der Waals surface area contributed by atoms with E-state index in [0.717, 1.165) is 16.1 Å². The predicted molar refractivity (Wildman–Crippen MR) is 95.4 cm³/mol. The summed E-state index contributed by atoms with van der Waals surface area (Å²) in [4.78, 5) is 39.2. The maximum Gasteiger partial charge on any atom is 0.313 e. The quantitative estimate of drug-likeness (QED) is 0.610. The number of rotatable bonds is 5. The van der Waals surface area contributed by atoms with Gasteiger partial charge in [0.1, 0.15) is 11.7 Å². The predicted octanol–water partition coefficient (Wildman–Crippen LogP) is 2.83. The monoisotopic (exact) mass is 355 g/mol. The van der Waals surface area contributed by atoms with E-state index < -0.39 is 23.4 Å². The van der Waals surface area contributed by atoms with E-state index in [2.05, 4.69) is 4.74 Å². The zero-order chi connectivity index (χ0) is 17.8. The molecule has 1 unspecified atom stereocenters. The Balaban J connectivity index is 1.91. The van der Waals surface area contributed by atoms with Gasteiger partial charge in [0.15, 0.2) is 5.78 Å². The van der Waals surface area contributed by atoms with Crippen molar-refractivity contribution in [3.63, 3.8) is 0 Å². The molecule has 3 rings (SSSR count). The van der Waals surface area contributed by atoms with E-state index >= 15 is 0 Å². The highest BCUT2D eigenvalue weighted by molar-refractivity contribution is 8.01. The summed E-state index contributed by atoms with van der Waals surface area (Å²) in [5, 5.41) is -0.933. The van der Waals surface area contributed by atoms with Crippen LogP contribution < -0.4 is 4.90 Å². The van der Waals surface area contributed by atoms with E-state index in [1.165, 1.54) is 18.9 Å². The molecule has 1 aliphatic rings. The maximum atomic E-state index is 12.9. The highest BCUT2D eigenvalue weighted by atomic mass is 32.2. The van der Waals surface area contributed by atoms with E-state index in [1.54, 1.807) is 4.90 Å². The lowest BCUT2D eigenvalue weighted by molar-refractivity contribution is -0.143. The number of amides is 1. The van der Waals surface area contributed by atoms with Gasteiger partial charge < -0.3 is 9.64 Å². The normalized spacial score (nSPS) is 16.3. The number of nitrogens with zero attached hydrogens (tertiary/aromatic N) is 1. The molecule has 0 saturated carbocycles. The molecule has 0 fully saturated rings. The molecule has 0 spiro atoms. The largest absolute Gasteiger partial charge is 0.469 e. The Labute approximate surface area is 150 Å². The highest BCUT2D eigenvalue weighted by Crippen LogP contribution is 2.40. The van der Waals surface area contributed by atoms with Crippen molar-refractivity contribution in [2.45, 2.75) is 23.1 Å². The van der Waals surface area contributed by atoms with Crippen LogP contribution in [-0.2, 0) is 25.7 Å². The zero-order valence-electron chi connectivity index (χ0n) is 13.7. The minimum atomic E-state index is -0.933. The van der Waals surface area contributed by atoms with E-state index in [9.17, 15) is 14.4 Å². The number of Topliss-reactive ketones (excluding diaryl/α,β-unsaturated/α-hetero) is 1. The van der Waals surface area contributed by atoms with Crippen LogP contribution in [0.5, 0.6) is 0 Å². The van der Waals surface area contributed by atoms with Gasteiger partial charge in [-0.25, -0.2) is 0 Å². The molecule has 5 nitrogen and oxygen atoms in total. The first-order valence-electron chi connectivity index (χ1n) is 7.80. The number of hydrogen-bond donors (Lipinski definition) is 0. The third-order valence-corrected chi connectivity index (χ3v) is 5.21. The SMILES string of the molecule is COC(=O)CC(=O)C1Sc2ccccc2N(Cc2ccccc2)C1=O. The number of carbonyl (C=O) groups is 3. The second kappa shape index (κ2) is 7.53. The Bertz CT molecular complexity index is 806. The topological polar surface area (TPSA) is 63.7 Å². The van der Waals surface area contributed by atoms with Gasteiger partial charge in [0.2, 0.25) is 5.91 Å². The standard InChI is InChI=1S/C19H17NO4S/c1-24-17(22)11-15(21)18-19(23)20(12-13-7-3-2-4-8-13)14-9-5-6-10-16(14)25-18/h2-10,18H,11-12H2,1H3. The van der Waals surface area contributed by atoms with Crippen molar-refractivity contribution < 1.29 is 19.1 Å². The molecule has 1 aliphatic heterocycles. The Hall–Kier alpha value is -2.60. The van der Waals surface area contributed by atoms with Crippen molar-refractivity contribution in [3.8, 4) is 0 Å². The van der Waals surface area contributed by atoms with Crippen molar-refractivity contribution in [3.05, 3.63) is 60.2 Å². The summed E-state index contributed by atoms with van der Waals surface area (Å²) in [7, 11) is 1.22. The van der Waals surface area contributed by atoms with Gasteiger partial charge in [-0.05, 0) is 17.7 Å². The molecule has 25 heavy (non-hydrogen) atoms. The molecule has 0 aliphatic carbocycles. The van der Waals surface area contributed by atoms with Crippen LogP contribution in [0.2, 0.25) is 0 Å². The van der Waals surface area contributed by atoms with E-state index in [0.29, 0.717) is 6.54 Å². The van der Waals surface area contributed by atoms with Gasteiger partial charge in [-0.3, -0.25) is 14.4 Å². The summed E-state index contributed by atoms with van der Waals surface area (Å²) in [5.41, 5.74) is 1.75. The minimum absolute atomic E-state index is 0.304. The van der Waals surface area contributed by atoms with Gasteiger partial charge in [0.25, 0.3) is 0 Å². The van der Waals surface area contributed by atoms with Crippen LogP contribution in [-0.4, -0.2) is 30.0 Å². The highest BCUT2D eigenvalue weighted by Gasteiger charge is 2.38. The summed E-state index contributed by atoms with van der Waals surface area (Å²) in [6.07, 6.45) is -0.402. The van der Waals surface area contributed by atoms with Gasteiger partial charge in [-0.1, -0.05) is 42.5 Å². The second-order valence-corrected chi connectivity index (χ2v) is 6.74. The third kappa shape index (κ3) is 3.74. The average Bonchev–Trinajstić information content (AvgIpc) is 2.64. The Morgan fingerprint density at radius 2 is 1.76 bits per heavy atom. The molecule has 0 saturated heterocycles. The van der Waals surface area contributed by atoms with Crippen LogP contribution in [0.15, 0.2) is 59.5 Å². The van der Waals surface area contributed by atoms with Crippen molar-refractivity contribution in [2.24, 2.45) is 0 Å². The molecular formula is C19H17NO4S. The summed E-state index contributed by atoms with van der Waals surface area (Å²) >= 11 is 1.19. The minimum Gasteiger partial charge on any atom is -0.469 e. The van der Waals surface area contributed by atoms with Crippen LogP contribution in [0.3, 0.4) is 0 Å². The first kappa shape index (κ1) is 17.2. The lowest BCUT2D eigenvalue weighted by Crippen LogP contribution is -2.44. The fourth-order valence-corrected chi connectivity index (χ4v) is 3.81. The summed E-state index contributed by atoms with van der Waals surface area (Å²) in [6.45, 7) is 0.374. The summed E-state index contributed by atoms with van der Waals surface area (Å²) < 4.78 is 4.54. The Kier molecular flexibility index (Phi) is 5.19. The number of carbonyl (C=O) groups excluding carboxylic acids is 3. The van der Waals surface area contributed by atoms with Crippen LogP contribution in [0.4, 0.5) is 5.69 Å². The molecule has 0 radical (unpaired) electrons. The number of benzene rings is 2. The fraction of sp³-hybridized carbons (Fsp3) is 0.211. The molecule has 128 valence electrons. The van der Waals surface area contributed by atoms with Crippen molar-refractivity contribution in [1.82, 2.24) is 0 Å². The molecular weight excluding hydrogens is 338 g/mol. The van der Waals surface area contributed by atoms with Crippen molar-refractivity contribution in [1.29, 1.82) is 0 Å². The van der Waals surface area contributed by atoms with Gasteiger partial charge in [-0.15, -0.1) is 11.8 Å². The summed E-state index contributed by atoms with van der Waals surface area (Å²) in [5.74, 6) is -1.37. The Morgan fingerprint density at radius 3 is 2.48 bits per heavy atom. The van der Waals surface area contributed by atoms with Gasteiger partial charge in [0.05, 0.1) is 19.3 Å². The summed E-state index contributed by atoms with van der Waals surface area (Å²) in [6, 6.07) is 17.1. The molecule has 1 atom stereocenters. The second-order valence-electron chi connectivity index (χ2n) is 5.59. The van der Waals surface area contributed by atoms with Crippen LogP contribution in [0.25, 0.3) is 0 Å². The van der Waals surface area contributed by atoms with E-state index in [-0.39, 0.29) is 5.91 Å². The molecule has 0 bridgehead atoms. The van der Waals surface area contributed by atoms with Crippen LogP contribution >= 0.6 is 11.8 Å². The van der Waals surface area contributed by atoms with Gasteiger partial charge in [0, 0.05) is 4.90 Å². The van der Waals surface area contributed by atoms with Crippen LogP contribution in [0.1, 0.15) is 12.0 Å². The van der Waals surface area contributed by atoms with Crippen LogP contribution in [0, 0.1) is 0 Å². The third-order valence-electron chi connectivity index (χ3n) is 3.91. The number of hydrogen-bond acceptors (Lipinski definition) is 5. The lowest BCUT2D eigenvalue weighted by Gasteiger charge is -2.33. The number of fused-ring (bicyclic) bond motifs is 1. The van der Waals surface area contributed by atoms with E-state index in [1.807, 2.05) is 54.6 Å². The number of thioether (sulfide) groups is 1. The number of ketones is 1. The molecule has 1 heterocycles. The number of methoxy groups -OCH3 is 1. The van der Waals surface area contributed by atoms with Crippen molar-refractivity contribution >= 4 is 35.1 Å². The molecule has 6 heteroatoms. The molecule has 0 N–H and O–H groups in total. The number of ether oxygens (including phenoxy) is 1. The number of esters is 1. The molecule has 1 amide bonds. The first-order chi connectivity index (χ1) is 12.1. The molecule has 2 aromatic carbocycles. The van der Waals surface area contributed by atoms with Crippen molar-refractivity contribution in [2.75, 3.05) is 12.0 Å². The van der Waals surface area contributed by atoms with Gasteiger partial charge in [-0.2, -0.15) is 0 Å². The fourth-order valence-electron chi connectivity index (χ4n) is 2.66. The molecule has 2 aromatic rings. The zero-order valence-corrected chi connectivity index (χ0v) is 14.5. The number of anilines is 1. The first-order valence-corrected chi connectivity index (χ1v) is 8.68. The Morgan fingerprint density at radius 1 is 1.08 bits per heavy atom. The van der Waals surface area contributed by atoms with Gasteiger partial charge >= 0.3 is 5.97 Å². The van der Waals surface area contributed by atoms with E-state index in [4.69, 9.17) is 0 Å². The average molecular weight is 355 g/mol. The molecule has 0 aromatic heterocycles. The number of para-hydroxylation sites is 1. The smallest absolute Gasteiger partial charge is 0.313 e. The lowest BCUT2D eigenvalue weighted by atomic mass is 10.1. The maximum absolute atomic E-state index is 12.9.